The van der Waals surface area contributed by atoms with Crippen LogP contribution in [0.4, 0.5) is 4.39 Å². The zero-order valence-electron chi connectivity index (χ0n) is 6.40. The van der Waals surface area contributed by atoms with E-state index in [0.29, 0.717) is 12.2 Å². The molecule has 1 heterocycles. The molecule has 0 saturated carbocycles. The summed E-state index contributed by atoms with van der Waals surface area (Å²) in [7, 11) is 0. The minimum absolute atomic E-state index is 0.207. The molecule has 2 rings (SSSR count). The van der Waals surface area contributed by atoms with Gasteiger partial charge in [0.05, 0.1) is 6.61 Å². The third kappa shape index (κ3) is 1.33. The van der Waals surface area contributed by atoms with Gasteiger partial charge < -0.3 is 9.84 Å². The van der Waals surface area contributed by atoms with Crippen LogP contribution in [0.25, 0.3) is 0 Å². The molecule has 1 aliphatic heterocycles. The van der Waals surface area contributed by atoms with E-state index in [-0.39, 0.29) is 11.9 Å². The number of hydrogen-bond acceptors (Lipinski definition) is 2. The number of hydrogen-bond donors (Lipinski definition) is 1. The van der Waals surface area contributed by atoms with Gasteiger partial charge in [-0.05, 0) is 6.07 Å². The van der Waals surface area contributed by atoms with Crippen molar-refractivity contribution in [3.63, 3.8) is 0 Å². The van der Waals surface area contributed by atoms with Crippen molar-refractivity contribution in [1.82, 2.24) is 0 Å². The topological polar surface area (TPSA) is 32.8 Å². The average Bonchev–Trinajstić information content (AvgIpc) is 2.86. The lowest BCUT2D eigenvalue weighted by atomic mass is 10.1. The van der Waals surface area contributed by atoms with Gasteiger partial charge in [-0.1, -0.05) is 18.2 Å². The van der Waals surface area contributed by atoms with Crippen LogP contribution in [0.2, 0.25) is 0 Å². The fourth-order valence-corrected chi connectivity index (χ4v) is 1.15. The first-order valence-corrected chi connectivity index (χ1v) is 3.83. The minimum atomic E-state index is -0.814. The number of aliphatic hydroxyl groups is 1. The van der Waals surface area contributed by atoms with Gasteiger partial charge >= 0.3 is 0 Å². The molecule has 1 fully saturated rings. The molecular formula is C9H9FO2. The Morgan fingerprint density at radius 1 is 1.50 bits per heavy atom. The molecule has 1 aromatic rings. The Hall–Kier alpha value is -0.930. The molecule has 1 saturated heterocycles. The van der Waals surface area contributed by atoms with Gasteiger partial charge in [0.15, 0.2) is 0 Å². The highest BCUT2D eigenvalue weighted by molar-refractivity contribution is 5.21. The minimum Gasteiger partial charge on any atom is -0.385 e. The molecule has 2 nitrogen and oxygen atoms in total. The molecule has 0 radical (unpaired) electrons. The van der Waals surface area contributed by atoms with Crippen molar-refractivity contribution in [3.8, 4) is 0 Å². The summed E-state index contributed by atoms with van der Waals surface area (Å²) in [5, 5.41) is 9.48. The van der Waals surface area contributed by atoms with Gasteiger partial charge in [-0.3, -0.25) is 0 Å². The first kappa shape index (κ1) is 7.71. The van der Waals surface area contributed by atoms with Crippen LogP contribution in [-0.4, -0.2) is 17.8 Å². The number of ether oxygens (including phenoxy) is 1. The van der Waals surface area contributed by atoms with Crippen molar-refractivity contribution < 1.29 is 14.2 Å². The second kappa shape index (κ2) is 2.84. The predicted molar refractivity (Wildman–Crippen MR) is 41.1 cm³/mol. The molecule has 1 aromatic carbocycles. The fraction of sp³-hybridized carbons (Fsp3) is 0.333. The summed E-state index contributed by atoms with van der Waals surface area (Å²) in [6, 6.07) is 6.20. The van der Waals surface area contributed by atoms with E-state index in [2.05, 4.69) is 0 Å². The Kier molecular flexibility index (Phi) is 1.83. The van der Waals surface area contributed by atoms with Crippen molar-refractivity contribution in [2.75, 3.05) is 6.61 Å². The first-order valence-electron chi connectivity index (χ1n) is 3.83. The maximum Gasteiger partial charge on any atom is 0.129 e. The second-order valence-electron chi connectivity index (χ2n) is 2.84. The monoisotopic (exact) mass is 168 g/mol. The lowest BCUT2D eigenvalue weighted by Gasteiger charge is -2.07. The predicted octanol–water partition coefficient (Wildman–Crippen LogP) is 1.26. The zero-order valence-corrected chi connectivity index (χ0v) is 6.40. The van der Waals surface area contributed by atoms with E-state index in [1.165, 1.54) is 6.07 Å². The van der Waals surface area contributed by atoms with Crippen LogP contribution in [-0.2, 0) is 4.74 Å². The van der Waals surface area contributed by atoms with Crippen LogP contribution >= 0.6 is 0 Å². The third-order valence-electron chi connectivity index (χ3n) is 1.94. The molecule has 3 heteroatoms. The van der Waals surface area contributed by atoms with Crippen LogP contribution in [0.15, 0.2) is 24.3 Å². The fourth-order valence-electron chi connectivity index (χ4n) is 1.15. The van der Waals surface area contributed by atoms with Crippen molar-refractivity contribution in [1.29, 1.82) is 0 Å². The van der Waals surface area contributed by atoms with E-state index >= 15 is 0 Å². The van der Waals surface area contributed by atoms with Crippen LogP contribution in [0, 0.1) is 5.82 Å². The van der Waals surface area contributed by atoms with Crippen molar-refractivity contribution in [3.05, 3.63) is 35.6 Å². The average molecular weight is 168 g/mol. The summed E-state index contributed by atoms with van der Waals surface area (Å²) >= 11 is 0. The normalized spacial score (nSPS) is 23.7. The van der Waals surface area contributed by atoms with E-state index in [4.69, 9.17) is 4.74 Å². The quantitative estimate of drug-likeness (QED) is 0.674. The lowest BCUT2D eigenvalue weighted by molar-refractivity contribution is 0.133. The van der Waals surface area contributed by atoms with Gasteiger partial charge in [-0.15, -0.1) is 0 Å². The van der Waals surface area contributed by atoms with Crippen LogP contribution in [0.1, 0.15) is 11.7 Å². The number of epoxide rings is 1. The van der Waals surface area contributed by atoms with E-state index in [9.17, 15) is 9.50 Å². The van der Waals surface area contributed by atoms with Gasteiger partial charge in [0.1, 0.15) is 18.0 Å². The summed E-state index contributed by atoms with van der Waals surface area (Å²) < 4.78 is 17.9. The van der Waals surface area contributed by atoms with Crippen molar-refractivity contribution >= 4 is 0 Å². The largest absolute Gasteiger partial charge is 0.385 e. The SMILES string of the molecule is OC(c1ccccc1F)C1CO1. The summed E-state index contributed by atoms with van der Waals surface area (Å²) in [6.07, 6.45) is -1.02. The van der Waals surface area contributed by atoms with Gasteiger partial charge in [0.25, 0.3) is 0 Å². The Labute approximate surface area is 69.6 Å². The smallest absolute Gasteiger partial charge is 0.129 e. The van der Waals surface area contributed by atoms with Crippen molar-refractivity contribution in [2.45, 2.75) is 12.2 Å². The number of benzene rings is 1. The van der Waals surface area contributed by atoms with Gasteiger partial charge in [-0.2, -0.15) is 0 Å². The summed E-state index contributed by atoms with van der Waals surface area (Å²) in [4.78, 5) is 0. The highest BCUT2D eigenvalue weighted by atomic mass is 19.1. The molecule has 0 spiro atoms. The maximum absolute atomic E-state index is 13.0. The van der Waals surface area contributed by atoms with Gasteiger partial charge in [0, 0.05) is 5.56 Å². The van der Waals surface area contributed by atoms with Crippen molar-refractivity contribution in [2.24, 2.45) is 0 Å². The first-order chi connectivity index (χ1) is 5.79. The number of aliphatic hydroxyl groups excluding tert-OH is 1. The zero-order chi connectivity index (χ0) is 8.55. The Balaban J connectivity index is 2.25. The molecule has 1 N–H and O–H groups in total. The molecule has 1 aliphatic rings. The molecule has 2 atom stereocenters. The second-order valence-corrected chi connectivity index (χ2v) is 2.84. The highest BCUT2D eigenvalue weighted by Crippen LogP contribution is 2.28. The lowest BCUT2D eigenvalue weighted by Crippen LogP contribution is -2.06. The summed E-state index contributed by atoms with van der Waals surface area (Å²) in [6.45, 7) is 0.523. The molecule has 0 amide bonds. The van der Waals surface area contributed by atoms with Crippen LogP contribution in [0.5, 0.6) is 0 Å². The molecule has 64 valence electrons. The number of rotatable bonds is 2. The summed E-state index contributed by atoms with van der Waals surface area (Å²) in [5.74, 6) is -0.375. The van der Waals surface area contributed by atoms with E-state index in [0.717, 1.165) is 0 Å². The Bertz CT molecular complexity index is 284. The maximum atomic E-state index is 13.0. The van der Waals surface area contributed by atoms with E-state index < -0.39 is 6.10 Å². The van der Waals surface area contributed by atoms with Gasteiger partial charge in [-0.25, -0.2) is 4.39 Å². The molecule has 0 aromatic heterocycles. The molecular weight excluding hydrogens is 159 g/mol. The standard InChI is InChI=1S/C9H9FO2/c10-7-4-2-1-3-6(7)9(11)8-5-12-8/h1-4,8-9,11H,5H2. The molecule has 12 heavy (non-hydrogen) atoms. The molecule has 2 unspecified atom stereocenters. The molecule has 0 aliphatic carbocycles. The van der Waals surface area contributed by atoms with Crippen LogP contribution < -0.4 is 0 Å². The Morgan fingerprint density at radius 3 is 2.75 bits per heavy atom. The highest BCUT2D eigenvalue weighted by Gasteiger charge is 2.33. The van der Waals surface area contributed by atoms with E-state index in [1.807, 2.05) is 0 Å². The van der Waals surface area contributed by atoms with E-state index in [1.54, 1.807) is 18.2 Å². The van der Waals surface area contributed by atoms with Gasteiger partial charge in [0.2, 0.25) is 0 Å². The Morgan fingerprint density at radius 2 is 2.17 bits per heavy atom. The third-order valence-corrected chi connectivity index (χ3v) is 1.94. The summed E-state index contributed by atoms with van der Waals surface area (Å²) in [5.41, 5.74) is 0.319. The van der Waals surface area contributed by atoms with Crippen LogP contribution in [0.3, 0.4) is 0 Å². The number of halogens is 1. The molecule has 0 bridgehead atoms.